The van der Waals surface area contributed by atoms with Gasteiger partial charge < -0.3 is 10.6 Å². The number of rotatable bonds is 2. The second-order valence-corrected chi connectivity index (χ2v) is 6.69. The minimum atomic E-state index is -0.123. The Labute approximate surface area is 121 Å². The normalized spacial score (nSPS) is 23.2. The van der Waals surface area contributed by atoms with Crippen molar-refractivity contribution < 1.29 is 4.39 Å². The molecule has 0 aromatic heterocycles. The average molecular weight is 276 g/mol. The summed E-state index contributed by atoms with van der Waals surface area (Å²) in [4.78, 5) is 2.21. The molecule has 1 spiro atoms. The number of piperidine rings is 1. The molecule has 2 N–H and O–H groups in total. The number of nitrogens with two attached hydrogens (primary N) is 1. The minimum absolute atomic E-state index is 0.110. The highest BCUT2D eigenvalue weighted by Gasteiger charge is 2.37. The lowest BCUT2D eigenvalue weighted by Gasteiger charge is -2.40. The second-order valence-electron chi connectivity index (χ2n) is 6.69. The van der Waals surface area contributed by atoms with Crippen molar-refractivity contribution in [2.75, 3.05) is 18.0 Å². The fraction of sp³-hybridized carbons (Fsp3) is 0.647. The van der Waals surface area contributed by atoms with Crippen molar-refractivity contribution in [3.8, 4) is 0 Å². The predicted octanol–water partition coefficient (Wildman–Crippen LogP) is 4.01. The van der Waals surface area contributed by atoms with E-state index in [1.807, 2.05) is 19.1 Å². The van der Waals surface area contributed by atoms with Crippen molar-refractivity contribution in [1.82, 2.24) is 0 Å². The summed E-state index contributed by atoms with van der Waals surface area (Å²) in [6, 6.07) is 5.35. The van der Waals surface area contributed by atoms with E-state index in [1.54, 1.807) is 6.07 Å². The first-order chi connectivity index (χ1) is 9.60. The Balaban J connectivity index is 1.71. The molecule has 3 rings (SSSR count). The summed E-state index contributed by atoms with van der Waals surface area (Å²) in [5.74, 6) is -0.123. The van der Waals surface area contributed by atoms with E-state index in [9.17, 15) is 4.39 Å². The fourth-order valence-corrected chi connectivity index (χ4v) is 3.91. The molecule has 1 saturated heterocycles. The van der Waals surface area contributed by atoms with E-state index in [1.165, 1.54) is 38.5 Å². The molecule has 110 valence electrons. The Kier molecular flexibility index (Phi) is 3.72. The van der Waals surface area contributed by atoms with E-state index in [0.717, 1.165) is 24.3 Å². The molecular weight excluding hydrogens is 251 g/mol. The molecular formula is C17H25FN2. The molecule has 2 nitrogen and oxygen atoms in total. The Morgan fingerprint density at radius 3 is 2.35 bits per heavy atom. The molecule has 1 aliphatic carbocycles. The van der Waals surface area contributed by atoms with Gasteiger partial charge in [0.1, 0.15) is 5.82 Å². The number of halogens is 1. The van der Waals surface area contributed by atoms with E-state index < -0.39 is 0 Å². The van der Waals surface area contributed by atoms with Gasteiger partial charge in [-0.15, -0.1) is 0 Å². The van der Waals surface area contributed by atoms with Crippen molar-refractivity contribution in [2.45, 2.75) is 51.5 Å². The van der Waals surface area contributed by atoms with Crippen LogP contribution in [0, 0.1) is 11.2 Å². The first-order valence-electron chi connectivity index (χ1n) is 7.90. The molecule has 0 bridgehead atoms. The monoisotopic (exact) mass is 276 g/mol. The first-order valence-corrected chi connectivity index (χ1v) is 7.90. The summed E-state index contributed by atoms with van der Waals surface area (Å²) < 4.78 is 14.3. The van der Waals surface area contributed by atoms with Gasteiger partial charge in [-0.3, -0.25) is 0 Å². The minimum Gasteiger partial charge on any atom is -0.369 e. The molecule has 2 aliphatic rings. The van der Waals surface area contributed by atoms with Crippen LogP contribution in [0.15, 0.2) is 18.2 Å². The number of benzene rings is 1. The number of hydrogen-bond acceptors (Lipinski definition) is 2. The Morgan fingerprint density at radius 1 is 1.15 bits per heavy atom. The molecule has 3 heteroatoms. The summed E-state index contributed by atoms with van der Waals surface area (Å²) in [6.07, 6.45) is 7.98. The first kappa shape index (κ1) is 13.9. The van der Waals surface area contributed by atoms with E-state index >= 15 is 0 Å². The van der Waals surface area contributed by atoms with E-state index in [4.69, 9.17) is 5.73 Å². The van der Waals surface area contributed by atoms with Crippen LogP contribution in [0.1, 0.15) is 57.1 Å². The zero-order valence-corrected chi connectivity index (χ0v) is 12.4. The van der Waals surface area contributed by atoms with Gasteiger partial charge in [-0.1, -0.05) is 18.9 Å². The van der Waals surface area contributed by atoms with Gasteiger partial charge in [0, 0.05) is 19.1 Å². The van der Waals surface area contributed by atoms with E-state index in [0.29, 0.717) is 5.41 Å². The Bertz CT molecular complexity index is 468. The highest BCUT2D eigenvalue weighted by Crippen LogP contribution is 2.46. The van der Waals surface area contributed by atoms with Crippen molar-refractivity contribution in [2.24, 2.45) is 11.1 Å². The number of nitrogens with zero attached hydrogens (tertiary/aromatic N) is 1. The smallest absolute Gasteiger partial charge is 0.146 e. The molecule has 2 fully saturated rings. The topological polar surface area (TPSA) is 29.3 Å². The summed E-state index contributed by atoms with van der Waals surface area (Å²) in [5, 5.41) is 0. The lowest BCUT2D eigenvalue weighted by molar-refractivity contribution is 0.226. The van der Waals surface area contributed by atoms with Crippen LogP contribution < -0.4 is 10.6 Å². The predicted molar refractivity (Wildman–Crippen MR) is 81.4 cm³/mol. The van der Waals surface area contributed by atoms with Crippen LogP contribution in [0.25, 0.3) is 0 Å². The van der Waals surface area contributed by atoms with Crippen molar-refractivity contribution in [3.05, 3.63) is 29.6 Å². The molecule has 1 saturated carbocycles. The van der Waals surface area contributed by atoms with Crippen LogP contribution >= 0.6 is 0 Å². The maximum absolute atomic E-state index is 14.3. The van der Waals surface area contributed by atoms with Gasteiger partial charge in [0.15, 0.2) is 0 Å². The van der Waals surface area contributed by atoms with Crippen LogP contribution in [0.5, 0.6) is 0 Å². The zero-order chi connectivity index (χ0) is 14.2. The van der Waals surface area contributed by atoms with Gasteiger partial charge in [-0.25, -0.2) is 4.39 Å². The van der Waals surface area contributed by atoms with Crippen LogP contribution in [0.2, 0.25) is 0 Å². The molecule has 1 heterocycles. The number of hydrogen-bond donors (Lipinski definition) is 1. The van der Waals surface area contributed by atoms with Crippen molar-refractivity contribution in [1.29, 1.82) is 0 Å². The Morgan fingerprint density at radius 2 is 1.80 bits per heavy atom. The highest BCUT2D eigenvalue weighted by molar-refractivity contribution is 5.50. The summed E-state index contributed by atoms with van der Waals surface area (Å²) >= 11 is 0. The fourth-order valence-electron chi connectivity index (χ4n) is 3.91. The summed E-state index contributed by atoms with van der Waals surface area (Å²) in [6.45, 7) is 3.88. The van der Waals surface area contributed by atoms with Crippen LogP contribution in [-0.4, -0.2) is 13.1 Å². The van der Waals surface area contributed by atoms with Gasteiger partial charge in [0.2, 0.25) is 0 Å². The van der Waals surface area contributed by atoms with Gasteiger partial charge in [-0.05, 0) is 55.7 Å². The van der Waals surface area contributed by atoms with Gasteiger partial charge in [0.05, 0.1) is 5.69 Å². The van der Waals surface area contributed by atoms with Gasteiger partial charge in [0.25, 0.3) is 0 Å². The molecule has 1 aromatic carbocycles. The SMILES string of the molecule is C[C@@H](N)c1ccc(N2CCC3(CCCC3)CC2)c(F)c1. The largest absolute Gasteiger partial charge is 0.369 e. The lowest BCUT2D eigenvalue weighted by atomic mass is 9.77. The summed E-state index contributed by atoms with van der Waals surface area (Å²) in [7, 11) is 0. The second kappa shape index (κ2) is 5.36. The lowest BCUT2D eigenvalue weighted by Crippen LogP contribution is -2.39. The maximum Gasteiger partial charge on any atom is 0.146 e. The molecule has 0 amide bonds. The highest BCUT2D eigenvalue weighted by atomic mass is 19.1. The maximum atomic E-state index is 14.3. The van der Waals surface area contributed by atoms with E-state index in [-0.39, 0.29) is 11.9 Å². The molecule has 1 aliphatic heterocycles. The molecule has 20 heavy (non-hydrogen) atoms. The number of anilines is 1. The van der Waals surface area contributed by atoms with Crippen LogP contribution in [0.4, 0.5) is 10.1 Å². The molecule has 1 atom stereocenters. The molecule has 0 radical (unpaired) electrons. The van der Waals surface area contributed by atoms with Crippen molar-refractivity contribution >= 4 is 5.69 Å². The van der Waals surface area contributed by atoms with Crippen LogP contribution in [-0.2, 0) is 0 Å². The third-order valence-corrected chi connectivity index (χ3v) is 5.33. The third kappa shape index (κ3) is 2.56. The zero-order valence-electron chi connectivity index (χ0n) is 12.4. The summed E-state index contributed by atoms with van der Waals surface area (Å²) in [5.41, 5.74) is 8.01. The quantitative estimate of drug-likeness (QED) is 0.884. The van der Waals surface area contributed by atoms with Crippen LogP contribution in [0.3, 0.4) is 0 Å². The third-order valence-electron chi connectivity index (χ3n) is 5.33. The average Bonchev–Trinajstić information content (AvgIpc) is 2.88. The molecule has 1 aromatic rings. The standard InChI is InChI=1S/C17H25FN2/c1-13(19)14-4-5-16(15(18)12-14)20-10-8-17(9-11-20)6-2-3-7-17/h4-5,12-13H,2-3,6-11,19H2,1H3/t13-/m1/s1. The Hall–Kier alpha value is -1.09. The van der Waals surface area contributed by atoms with E-state index in [2.05, 4.69) is 4.90 Å². The van der Waals surface area contributed by atoms with Gasteiger partial charge >= 0.3 is 0 Å². The van der Waals surface area contributed by atoms with Crippen molar-refractivity contribution in [3.63, 3.8) is 0 Å². The van der Waals surface area contributed by atoms with Gasteiger partial charge in [-0.2, -0.15) is 0 Å². The molecule has 0 unspecified atom stereocenters.